The van der Waals surface area contributed by atoms with Crippen LogP contribution in [0.1, 0.15) is 17.3 Å². The van der Waals surface area contributed by atoms with E-state index in [0.29, 0.717) is 5.69 Å². The molecule has 0 saturated heterocycles. The van der Waals surface area contributed by atoms with Gasteiger partial charge in [-0.05, 0) is 54.1 Å². The molecule has 0 spiro atoms. The Balaban J connectivity index is 1.40. The number of benzene rings is 4. The van der Waals surface area contributed by atoms with Crippen LogP contribution in [0.15, 0.2) is 95.9 Å². The fourth-order valence-electron chi connectivity index (χ4n) is 3.38. The summed E-state index contributed by atoms with van der Waals surface area (Å²) in [6, 6.07) is 26.4. The minimum atomic E-state index is -0.543. The topological polar surface area (TPSA) is 101 Å². The molecule has 170 valence electrons. The highest BCUT2D eigenvalue weighted by Crippen LogP contribution is 2.27. The second-order valence-corrected chi connectivity index (χ2v) is 9.01. The molecule has 4 rings (SSSR count). The van der Waals surface area contributed by atoms with Crippen LogP contribution in [-0.4, -0.2) is 22.0 Å². The Morgan fingerprint density at radius 3 is 2.35 bits per heavy atom. The Bertz CT molecular complexity index is 1390. The second-order valence-electron chi connectivity index (χ2n) is 7.60. The van der Waals surface area contributed by atoms with Crippen molar-refractivity contribution in [1.29, 1.82) is 0 Å². The number of rotatable bonds is 7. The number of hydrogen-bond donors (Lipinski definition) is 2. The van der Waals surface area contributed by atoms with Gasteiger partial charge in [-0.1, -0.05) is 42.5 Å². The molecule has 0 radical (unpaired) electrons. The van der Waals surface area contributed by atoms with Crippen LogP contribution in [0.5, 0.6) is 0 Å². The molecule has 2 amide bonds. The molecule has 0 bridgehead atoms. The van der Waals surface area contributed by atoms with Crippen LogP contribution in [0.4, 0.5) is 17.1 Å². The third-order valence-electron chi connectivity index (χ3n) is 5.11. The van der Waals surface area contributed by atoms with Crippen molar-refractivity contribution in [2.75, 3.05) is 10.6 Å². The molecule has 4 aromatic carbocycles. The van der Waals surface area contributed by atoms with E-state index in [9.17, 15) is 19.7 Å². The first-order valence-electron chi connectivity index (χ1n) is 10.5. The van der Waals surface area contributed by atoms with E-state index in [-0.39, 0.29) is 22.4 Å². The lowest BCUT2D eigenvalue weighted by molar-refractivity contribution is -0.384. The summed E-state index contributed by atoms with van der Waals surface area (Å²) >= 11 is 1.37. The van der Waals surface area contributed by atoms with Crippen LogP contribution in [0.2, 0.25) is 0 Å². The molecule has 8 heteroatoms. The van der Waals surface area contributed by atoms with Crippen LogP contribution >= 0.6 is 11.8 Å². The number of nitro groups is 1. The van der Waals surface area contributed by atoms with Crippen molar-refractivity contribution in [3.63, 3.8) is 0 Å². The van der Waals surface area contributed by atoms with Crippen molar-refractivity contribution in [2.45, 2.75) is 17.1 Å². The van der Waals surface area contributed by atoms with Crippen LogP contribution in [0.3, 0.4) is 0 Å². The van der Waals surface area contributed by atoms with Crippen molar-refractivity contribution >= 4 is 51.4 Å². The van der Waals surface area contributed by atoms with Crippen LogP contribution < -0.4 is 10.6 Å². The van der Waals surface area contributed by atoms with Gasteiger partial charge in [0, 0.05) is 34.0 Å². The van der Waals surface area contributed by atoms with E-state index in [1.54, 1.807) is 18.2 Å². The highest BCUT2D eigenvalue weighted by atomic mass is 32.2. The number of nitro benzene ring substituents is 1. The molecule has 4 aromatic rings. The number of carbonyl (C=O) groups is 2. The third-order valence-corrected chi connectivity index (χ3v) is 6.20. The predicted molar refractivity (Wildman–Crippen MR) is 135 cm³/mol. The zero-order valence-electron chi connectivity index (χ0n) is 18.2. The fourth-order valence-corrected chi connectivity index (χ4v) is 4.31. The molecule has 0 heterocycles. The van der Waals surface area contributed by atoms with E-state index in [0.717, 1.165) is 21.4 Å². The number of nitrogens with zero attached hydrogens (tertiary/aromatic N) is 1. The lowest BCUT2D eigenvalue weighted by atomic mass is 10.1. The van der Waals surface area contributed by atoms with Gasteiger partial charge in [-0.2, -0.15) is 0 Å². The second kappa shape index (κ2) is 10.2. The molecule has 0 fully saturated rings. The van der Waals surface area contributed by atoms with Crippen molar-refractivity contribution in [2.24, 2.45) is 0 Å². The summed E-state index contributed by atoms with van der Waals surface area (Å²) < 4.78 is 0. The summed E-state index contributed by atoms with van der Waals surface area (Å²) in [6.45, 7) is 1.81. The molecule has 0 aromatic heterocycles. The Hall–Kier alpha value is -4.17. The fraction of sp³-hybridized carbons (Fsp3) is 0.0769. The van der Waals surface area contributed by atoms with Crippen molar-refractivity contribution in [3.05, 3.63) is 107 Å². The lowest BCUT2D eigenvalue weighted by Crippen LogP contribution is -2.22. The maximum atomic E-state index is 12.7. The summed E-state index contributed by atoms with van der Waals surface area (Å²) in [5.41, 5.74) is 1.30. The standard InChI is InChI=1S/C26H21N3O4S/c1-17(25(30)27-22-13-12-18-6-2-3-7-19(18)14-22)34-24-11-5-9-21(16-24)28-26(31)20-8-4-10-23(15-20)29(32)33/h2-17H,1H3,(H,27,30)(H,28,31). The van der Waals surface area contributed by atoms with Gasteiger partial charge in [-0.15, -0.1) is 11.8 Å². The monoisotopic (exact) mass is 471 g/mol. The van der Waals surface area contributed by atoms with Gasteiger partial charge < -0.3 is 10.6 Å². The lowest BCUT2D eigenvalue weighted by Gasteiger charge is -2.13. The molecule has 0 aliphatic rings. The minimum Gasteiger partial charge on any atom is -0.325 e. The zero-order chi connectivity index (χ0) is 24.1. The Morgan fingerprint density at radius 1 is 0.824 bits per heavy atom. The molecule has 7 nitrogen and oxygen atoms in total. The predicted octanol–water partition coefficient (Wildman–Crippen LogP) is 6.12. The van der Waals surface area contributed by atoms with Crippen LogP contribution in [0.25, 0.3) is 10.8 Å². The Kier molecular flexibility index (Phi) is 6.89. The van der Waals surface area contributed by atoms with Gasteiger partial charge >= 0.3 is 0 Å². The first kappa shape index (κ1) is 23.0. The minimum absolute atomic E-state index is 0.133. The smallest absolute Gasteiger partial charge is 0.270 e. The van der Waals surface area contributed by atoms with Crippen molar-refractivity contribution < 1.29 is 14.5 Å². The molecule has 34 heavy (non-hydrogen) atoms. The Morgan fingerprint density at radius 2 is 1.56 bits per heavy atom. The number of hydrogen-bond acceptors (Lipinski definition) is 5. The van der Waals surface area contributed by atoms with E-state index < -0.39 is 10.8 Å². The number of nitrogens with one attached hydrogen (secondary N) is 2. The quantitative estimate of drug-likeness (QED) is 0.192. The highest BCUT2D eigenvalue weighted by molar-refractivity contribution is 8.00. The largest absolute Gasteiger partial charge is 0.325 e. The molecule has 1 atom stereocenters. The van der Waals surface area contributed by atoms with Gasteiger partial charge in [0.25, 0.3) is 11.6 Å². The number of fused-ring (bicyclic) bond motifs is 1. The van der Waals surface area contributed by atoms with E-state index in [1.807, 2.05) is 55.5 Å². The van der Waals surface area contributed by atoms with Crippen molar-refractivity contribution in [3.8, 4) is 0 Å². The number of amides is 2. The first-order valence-corrected chi connectivity index (χ1v) is 11.4. The molecule has 0 aliphatic heterocycles. The number of anilines is 2. The van der Waals surface area contributed by atoms with Gasteiger partial charge in [0.2, 0.25) is 5.91 Å². The van der Waals surface area contributed by atoms with E-state index in [4.69, 9.17) is 0 Å². The SMILES string of the molecule is CC(Sc1cccc(NC(=O)c2cccc([N+](=O)[O-])c2)c1)C(=O)Nc1ccc2ccccc2c1. The van der Waals surface area contributed by atoms with Gasteiger partial charge in [-0.3, -0.25) is 19.7 Å². The maximum absolute atomic E-state index is 12.7. The normalized spacial score (nSPS) is 11.6. The summed E-state index contributed by atoms with van der Waals surface area (Å²) in [4.78, 5) is 36.5. The Labute approximate surface area is 200 Å². The van der Waals surface area contributed by atoms with Gasteiger partial charge in [0.15, 0.2) is 0 Å². The number of carbonyl (C=O) groups excluding carboxylic acids is 2. The number of thioether (sulfide) groups is 1. The molecular weight excluding hydrogens is 450 g/mol. The maximum Gasteiger partial charge on any atom is 0.270 e. The van der Waals surface area contributed by atoms with Gasteiger partial charge in [0.05, 0.1) is 10.2 Å². The van der Waals surface area contributed by atoms with Gasteiger partial charge in [-0.25, -0.2) is 0 Å². The molecule has 2 N–H and O–H groups in total. The number of non-ortho nitro benzene ring substituents is 1. The zero-order valence-corrected chi connectivity index (χ0v) is 19.0. The summed E-state index contributed by atoms with van der Waals surface area (Å²) in [6.07, 6.45) is 0. The highest BCUT2D eigenvalue weighted by Gasteiger charge is 2.16. The third kappa shape index (κ3) is 5.60. The summed E-state index contributed by atoms with van der Waals surface area (Å²) in [7, 11) is 0. The van der Waals surface area contributed by atoms with E-state index in [1.165, 1.54) is 36.0 Å². The summed E-state index contributed by atoms with van der Waals surface area (Å²) in [5.74, 6) is -0.584. The van der Waals surface area contributed by atoms with Crippen LogP contribution in [-0.2, 0) is 4.79 Å². The molecule has 0 saturated carbocycles. The van der Waals surface area contributed by atoms with Gasteiger partial charge in [0.1, 0.15) is 0 Å². The average molecular weight is 472 g/mol. The van der Waals surface area contributed by atoms with E-state index in [2.05, 4.69) is 10.6 Å². The first-order chi connectivity index (χ1) is 16.4. The van der Waals surface area contributed by atoms with Crippen molar-refractivity contribution in [1.82, 2.24) is 0 Å². The summed E-state index contributed by atoms with van der Waals surface area (Å²) in [5, 5.41) is 18.4. The van der Waals surface area contributed by atoms with Crippen LogP contribution in [0, 0.1) is 10.1 Å². The molecular formula is C26H21N3O4S. The average Bonchev–Trinajstić information content (AvgIpc) is 2.84. The van der Waals surface area contributed by atoms with E-state index >= 15 is 0 Å². The molecule has 0 aliphatic carbocycles. The molecule has 1 unspecified atom stereocenters.